The van der Waals surface area contributed by atoms with E-state index in [0.717, 1.165) is 60.0 Å². The minimum atomic E-state index is 0.739. The first-order chi connectivity index (χ1) is 24.3. The number of nitrogens with zero attached hydrogens (tertiary/aromatic N) is 2. The second-order valence-electron chi connectivity index (χ2n) is 15.0. The highest BCUT2D eigenvalue weighted by atomic mass is 32.1. The number of ether oxygens (including phenoxy) is 2. The van der Waals surface area contributed by atoms with Crippen molar-refractivity contribution in [1.82, 2.24) is 9.97 Å². The van der Waals surface area contributed by atoms with Crippen LogP contribution < -0.4 is 0 Å². The SMILES string of the molecule is CCCCCCCCCCCCCCCCCCOC1=C(OCCCCCCCCCCCCCCCCCC)c2nc3cscc3nc21. The van der Waals surface area contributed by atoms with Gasteiger partial charge < -0.3 is 9.47 Å². The van der Waals surface area contributed by atoms with Gasteiger partial charge in [-0.05, 0) is 12.8 Å². The van der Waals surface area contributed by atoms with Crippen LogP contribution in [-0.4, -0.2) is 23.2 Å². The summed E-state index contributed by atoms with van der Waals surface area (Å²) < 4.78 is 12.6. The third-order valence-corrected chi connectivity index (χ3v) is 11.2. The summed E-state index contributed by atoms with van der Waals surface area (Å²) in [5, 5.41) is 4.15. The van der Waals surface area contributed by atoms with E-state index in [2.05, 4.69) is 24.6 Å². The van der Waals surface area contributed by atoms with E-state index in [1.54, 1.807) is 11.3 Å². The van der Waals surface area contributed by atoms with Crippen LogP contribution in [0.1, 0.15) is 231 Å². The first kappa shape index (κ1) is 41.8. The van der Waals surface area contributed by atoms with Gasteiger partial charge in [-0.25, -0.2) is 9.97 Å². The molecule has 0 N–H and O–H groups in total. The zero-order chi connectivity index (χ0) is 34.5. The summed E-state index contributed by atoms with van der Waals surface area (Å²) in [5.74, 6) is 1.68. The molecule has 1 aliphatic carbocycles. The van der Waals surface area contributed by atoms with Crippen LogP contribution in [0.5, 0.6) is 0 Å². The number of thiophene rings is 1. The number of fused-ring (bicyclic) bond motifs is 2. The van der Waals surface area contributed by atoms with Gasteiger partial charge in [0.1, 0.15) is 22.4 Å². The molecule has 4 nitrogen and oxygen atoms in total. The lowest BCUT2D eigenvalue weighted by atomic mass is 10.0. The predicted molar refractivity (Wildman–Crippen MR) is 215 cm³/mol. The third kappa shape index (κ3) is 18.4. The van der Waals surface area contributed by atoms with E-state index >= 15 is 0 Å². The molecule has 2 heterocycles. The van der Waals surface area contributed by atoms with Crippen LogP contribution in [0.4, 0.5) is 0 Å². The Balaban J connectivity index is 1.18. The fourth-order valence-corrected chi connectivity index (χ4v) is 7.86. The summed E-state index contributed by atoms with van der Waals surface area (Å²) in [5.41, 5.74) is 3.71. The van der Waals surface area contributed by atoms with Gasteiger partial charge in [-0.2, -0.15) is 0 Å². The summed E-state index contributed by atoms with van der Waals surface area (Å²) in [7, 11) is 0. The van der Waals surface area contributed by atoms with Gasteiger partial charge in [0.05, 0.1) is 13.2 Å². The van der Waals surface area contributed by atoms with Crippen LogP contribution in [0.3, 0.4) is 0 Å². The molecule has 0 aromatic carbocycles. The van der Waals surface area contributed by atoms with Crippen molar-refractivity contribution in [3.8, 4) is 0 Å². The molecular formula is C44H76N2O2S. The van der Waals surface area contributed by atoms with E-state index in [-0.39, 0.29) is 0 Å². The lowest BCUT2D eigenvalue weighted by molar-refractivity contribution is 0.224. The predicted octanol–water partition coefficient (Wildman–Crippen LogP) is 15.4. The van der Waals surface area contributed by atoms with Gasteiger partial charge in [-0.15, -0.1) is 11.3 Å². The Bertz CT molecular complexity index is 1010. The van der Waals surface area contributed by atoms with E-state index in [9.17, 15) is 0 Å². The van der Waals surface area contributed by atoms with Crippen molar-refractivity contribution in [1.29, 1.82) is 0 Å². The molecule has 0 radical (unpaired) electrons. The van der Waals surface area contributed by atoms with Crippen LogP contribution >= 0.6 is 11.3 Å². The van der Waals surface area contributed by atoms with Gasteiger partial charge in [0.15, 0.2) is 11.5 Å². The molecule has 0 saturated heterocycles. The highest BCUT2D eigenvalue weighted by Crippen LogP contribution is 2.41. The molecule has 0 aliphatic heterocycles. The van der Waals surface area contributed by atoms with Gasteiger partial charge in [0.2, 0.25) is 0 Å². The Kier molecular flexibility index (Phi) is 24.7. The Morgan fingerprint density at radius 3 is 0.878 bits per heavy atom. The molecule has 3 rings (SSSR count). The van der Waals surface area contributed by atoms with E-state index < -0.39 is 0 Å². The lowest BCUT2D eigenvalue weighted by Gasteiger charge is -2.25. The largest absolute Gasteiger partial charge is 0.487 e. The van der Waals surface area contributed by atoms with Crippen molar-refractivity contribution in [2.45, 2.75) is 219 Å². The fourth-order valence-electron chi connectivity index (χ4n) is 7.18. The van der Waals surface area contributed by atoms with E-state index in [0.29, 0.717) is 0 Å². The molecule has 0 unspecified atom stereocenters. The Hall–Kier alpha value is -1.62. The number of hydrogen-bond acceptors (Lipinski definition) is 5. The zero-order valence-corrected chi connectivity index (χ0v) is 33.1. The van der Waals surface area contributed by atoms with Crippen LogP contribution in [-0.2, 0) is 9.47 Å². The summed E-state index contributed by atoms with van der Waals surface area (Å²) in [6.45, 7) is 6.07. The van der Waals surface area contributed by atoms with Crippen LogP contribution in [0.25, 0.3) is 22.6 Å². The number of hydrogen-bond donors (Lipinski definition) is 0. The topological polar surface area (TPSA) is 44.2 Å². The van der Waals surface area contributed by atoms with E-state index in [1.807, 2.05) is 0 Å². The van der Waals surface area contributed by atoms with Crippen LogP contribution in [0.2, 0.25) is 0 Å². The van der Waals surface area contributed by atoms with Gasteiger partial charge in [-0.1, -0.05) is 206 Å². The summed E-state index contributed by atoms with van der Waals surface area (Å²) >= 11 is 1.66. The molecular weight excluding hydrogens is 621 g/mol. The standard InChI is InChI=1S/C44H76N2O2S/c1-3-5-7-9-11-13-15-17-19-21-23-25-27-29-31-33-35-47-43-41-42(46-40-38-49-37-39(40)45-41)44(43)48-36-34-32-30-28-26-24-22-20-18-16-14-12-10-8-6-4-2/h37-38H,3-36H2,1-2H3. The quantitative estimate of drug-likeness (QED) is 0.0665. The number of rotatable bonds is 36. The first-order valence-electron chi connectivity index (χ1n) is 21.6. The van der Waals surface area contributed by atoms with E-state index in [4.69, 9.17) is 19.4 Å². The van der Waals surface area contributed by atoms with E-state index in [1.165, 1.54) is 193 Å². The van der Waals surface area contributed by atoms with Crippen molar-refractivity contribution in [2.24, 2.45) is 0 Å². The molecule has 0 atom stereocenters. The molecule has 0 bridgehead atoms. The minimum absolute atomic E-state index is 0.739. The highest BCUT2D eigenvalue weighted by Gasteiger charge is 2.34. The van der Waals surface area contributed by atoms with Crippen molar-refractivity contribution >= 4 is 33.9 Å². The molecule has 280 valence electrons. The molecule has 0 spiro atoms. The maximum absolute atomic E-state index is 6.30. The fraction of sp³-hybridized carbons (Fsp3) is 0.818. The smallest absolute Gasteiger partial charge is 0.191 e. The summed E-state index contributed by atoms with van der Waals surface area (Å²) in [6.07, 6.45) is 44.2. The van der Waals surface area contributed by atoms with Crippen LogP contribution in [0, 0.1) is 0 Å². The monoisotopic (exact) mass is 697 g/mol. The molecule has 1 aliphatic rings. The second-order valence-corrected chi connectivity index (χ2v) is 15.8. The van der Waals surface area contributed by atoms with Gasteiger partial charge in [0, 0.05) is 10.8 Å². The average Bonchev–Trinajstić information content (AvgIpc) is 3.58. The molecule has 2 aromatic rings. The Morgan fingerprint density at radius 2 is 0.612 bits per heavy atom. The molecule has 49 heavy (non-hydrogen) atoms. The minimum Gasteiger partial charge on any atom is -0.487 e. The Labute approximate surface area is 307 Å². The third-order valence-electron chi connectivity index (χ3n) is 10.4. The van der Waals surface area contributed by atoms with Crippen LogP contribution in [0.15, 0.2) is 10.8 Å². The average molecular weight is 697 g/mol. The van der Waals surface area contributed by atoms with Gasteiger partial charge >= 0.3 is 0 Å². The summed E-state index contributed by atoms with van der Waals surface area (Å²) in [4.78, 5) is 9.72. The van der Waals surface area contributed by atoms with Crippen molar-refractivity contribution in [2.75, 3.05) is 13.2 Å². The number of aromatic nitrogens is 2. The van der Waals surface area contributed by atoms with Gasteiger partial charge in [-0.3, -0.25) is 0 Å². The van der Waals surface area contributed by atoms with Crippen molar-refractivity contribution < 1.29 is 9.47 Å². The molecule has 0 saturated carbocycles. The molecule has 0 amide bonds. The normalized spacial score (nSPS) is 12.5. The molecule has 0 fully saturated rings. The number of unbranched alkanes of at least 4 members (excludes halogenated alkanes) is 30. The zero-order valence-electron chi connectivity index (χ0n) is 32.3. The van der Waals surface area contributed by atoms with Crippen molar-refractivity contribution in [3.63, 3.8) is 0 Å². The molecule has 5 heteroatoms. The van der Waals surface area contributed by atoms with Crippen molar-refractivity contribution in [3.05, 3.63) is 22.1 Å². The lowest BCUT2D eigenvalue weighted by Crippen LogP contribution is -2.17. The maximum atomic E-state index is 6.30. The second kappa shape index (κ2) is 29.0. The first-order valence-corrected chi connectivity index (χ1v) is 22.5. The maximum Gasteiger partial charge on any atom is 0.191 e. The Morgan fingerprint density at radius 1 is 0.367 bits per heavy atom. The summed E-state index contributed by atoms with van der Waals surface area (Å²) in [6, 6.07) is 0. The molecule has 2 aromatic heterocycles. The van der Waals surface area contributed by atoms with Gasteiger partial charge in [0.25, 0.3) is 0 Å². The highest BCUT2D eigenvalue weighted by molar-refractivity contribution is 7.09.